The van der Waals surface area contributed by atoms with Crippen molar-refractivity contribution < 1.29 is 0 Å². The molecule has 1 aromatic heterocycles. The second-order valence-electron chi connectivity index (χ2n) is 5.96. The highest BCUT2D eigenvalue weighted by Crippen LogP contribution is 2.23. The molecule has 2 aromatic rings. The summed E-state index contributed by atoms with van der Waals surface area (Å²) >= 11 is 0. The summed E-state index contributed by atoms with van der Waals surface area (Å²) in [5, 5.41) is 4.48. The molecule has 0 aliphatic carbocycles. The van der Waals surface area contributed by atoms with Crippen LogP contribution in [0.3, 0.4) is 0 Å². The number of nitrogens with two attached hydrogens (primary N) is 1. The lowest BCUT2D eigenvalue weighted by Crippen LogP contribution is -2.39. The lowest BCUT2D eigenvalue weighted by atomic mass is 10.0. The smallest absolute Gasteiger partial charge is 0.0645 e. The number of likely N-dealkylation sites (N-methyl/N-ethyl adjacent to an activating group) is 1. The van der Waals surface area contributed by atoms with Crippen LogP contribution in [0.1, 0.15) is 32.4 Å². The highest BCUT2D eigenvalue weighted by molar-refractivity contribution is 5.31. The van der Waals surface area contributed by atoms with Gasteiger partial charge in [-0.15, -0.1) is 0 Å². The summed E-state index contributed by atoms with van der Waals surface area (Å²) in [5.74, 6) is 0.591. The fourth-order valence-electron chi connectivity index (χ4n) is 2.52. The molecule has 0 radical (unpaired) electrons. The first-order valence-corrected chi connectivity index (χ1v) is 7.56. The van der Waals surface area contributed by atoms with Crippen LogP contribution in [-0.2, 0) is 0 Å². The minimum atomic E-state index is 0.194. The third-order valence-electron chi connectivity index (χ3n) is 4.33. The van der Waals surface area contributed by atoms with Crippen molar-refractivity contribution in [3.8, 4) is 5.69 Å². The zero-order valence-corrected chi connectivity index (χ0v) is 13.4. The Morgan fingerprint density at radius 2 is 1.86 bits per heavy atom. The molecule has 0 fully saturated rings. The van der Waals surface area contributed by atoms with Crippen LogP contribution in [0.4, 0.5) is 0 Å². The Bertz CT molecular complexity index is 547. The Morgan fingerprint density at radius 3 is 2.43 bits per heavy atom. The van der Waals surface area contributed by atoms with Crippen LogP contribution in [0.2, 0.25) is 0 Å². The molecule has 0 saturated heterocycles. The van der Waals surface area contributed by atoms with E-state index in [2.05, 4.69) is 56.1 Å². The molecule has 0 aliphatic heterocycles. The number of para-hydroxylation sites is 1. The monoisotopic (exact) mass is 286 g/mol. The SMILES string of the molecule is CC(C)C(C)N(C)C(CN)c1cnn(-c2ccccc2)c1. The van der Waals surface area contributed by atoms with Crippen LogP contribution < -0.4 is 5.73 Å². The molecule has 2 N–H and O–H groups in total. The number of hydrogen-bond acceptors (Lipinski definition) is 3. The second-order valence-corrected chi connectivity index (χ2v) is 5.96. The summed E-state index contributed by atoms with van der Waals surface area (Å²) in [4.78, 5) is 2.34. The molecule has 0 saturated carbocycles. The van der Waals surface area contributed by atoms with Gasteiger partial charge in [0.05, 0.1) is 17.9 Å². The Labute approximate surface area is 127 Å². The minimum Gasteiger partial charge on any atom is -0.329 e. The van der Waals surface area contributed by atoms with Crippen molar-refractivity contribution in [3.63, 3.8) is 0 Å². The van der Waals surface area contributed by atoms with Crippen LogP contribution in [0.25, 0.3) is 5.69 Å². The van der Waals surface area contributed by atoms with Gasteiger partial charge in [-0.1, -0.05) is 32.0 Å². The van der Waals surface area contributed by atoms with Gasteiger partial charge in [-0.2, -0.15) is 5.10 Å². The summed E-state index contributed by atoms with van der Waals surface area (Å²) in [7, 11) is 2.14. The first kappa shape index (κ1) is 15.7. The molecule has 1 aromatic carbocycles. The average Bonchev–Trinajstić information content (AvgIpc) is 2.97. The molecule has 21 heavy (non-hydrogen) atoms. The highest BCUT2D eigenvalue weighted by atomic mass is 15.3. The molecule has 2 unspecified atom stereocenters. The molecular weight excluding hydrogens is 260 g/mol. The topological polar surface area (TPSA) is 47.1 Å². The molecule has 2 atom stereocenters. The van der Waals surface area contributed by atoms with Crippen LogP contribution in [0, 0.1) is 5.92 Å². The average molecular weight is 286 g/mol. The third-order valence-corrected chi connectivity index (χ3v) is 4.33. The van der Waals surface area contributed by atoms with Crippen molar-refractivity contribution in [3.05, 3.63) is 48.3 Å². The molecule has 0 spiro atoms. The fourth-order valence-corrected chi connectivity index (χ4v) is 2.52. The quantitative estimate of drug-likeness (QED) is 0.888. The molecule has 1 heterocycles. The van der Waals surface area contributed by atoms with Crippen LogP contribution in [-0.4, -0.2) is 34.3 Å². The number of aromatic nitrogens is 2. The predicted molar refractivity (Wildman–Crippen MR) is 87.4 cm³/mol. The molecule has 2 rings (SSSR count). The summed E-state index contributed by atoms with van der Waals surface area (Å²) in [6.45, 7) is 7.31. The molecule has 4 nitrogen and oxygen atoms in total. The van der Waals surface area contributed by atoms with Gasteiger partial charge in [0.1, 0.15) is 0 Å². The molecule has 0 aliphatic rings. The molecule has 4 heteroatoms. The molecule has 114 valence electrons. The Kier molecular flexibility index (Phi) is 5.15. The Balaban J connectivity index is 2.22. The normalized spacial score (nSPS) is 14.6. The van der Waals surface area contributed by atoms with Gasteiger partial charge >= 0.3 is 0 Å². The minimum absolute atomic E-state index is 0.194. The zero-order valence-electron chi connectivity index (χ0n) is 13.4. The van der Waals surface area contributed by atoms with Gasteiger partial charge in [0.2, 0.25) is 0 Å². The van der Waals surface area contributed by atoms with Crippen LogP contribution >= 0.6 is 0 Å². The molecule has 0 amide bonds. The lowest BCUT2D eigenvalue weighted by Gasteiger charge is -2.34. The van der Waals surface area contributed by atoms with Crippen molar-refractivity contribution in [2.45, 2.75) is 32.9 Å². The number of nitrogens with zero attached hydrogens (tertiary/aromatic N) is 3. The summed E-state index contributed by atoms with van der Waals surface area (Å²) in [6, 6.07) is 10.8. The van der Waals surface area contributed by atoms with E-state index < -0.39 is 0 Å². The number of benzene rings is 1. The first-order chi connectivity index (χ1) is 10.0. The number of hydrogen-bond donors (Lipinski definition) is 1. The Morgan fingerprint density at radius 1 is 1.19 bits per heavy atom. The number of rotatable bonds is 6. The van der Waals surface area contributed by atoms with Gasteiger partial charge in [0.25, 0.3) is 0 Å². The van der Waals surface area contributed by atoms with E-state index in [9.17, 15) is 0 Å². The van der Waals surface area contributed by atoms with Gasteiger partial charge in [0.15, 0.2) is 0 Å². The Hall–Kier alpha value is -1.65. The van der Waals surface area contributed by atoms with E-state index >= 15 is 0 Å². The zero-order chi connectivity index (χ0) is 15.4. The first-order valence-electron chi connectivity index (χ1n) is 7.56. The maximum Gasteiger partial charge on any atom is 0.0645 e. The van der Waals surface area contributed by atoms with E-state index in [1.807, 2.05) is 29.1 Å². The molecule has 0 bridgehead atoms. The van der Waals surface area contributed by atoms with E-state index in [-0.39, 0.29) is 6.04 Å². The van der Waals surface area contributed by atoms with E-state index in [0.29, 0.717) is 18.5 Å². The van der Waals surface area contributed by atoms with E-state index in [1.165, 1.54) is 0 Å². The molecular formula is C17H26N4. The van der Waals surface area contributed by atoms with Crippen molar-refractivity contribution in [1.82, 2.24) is 14.7 Å². The van der Waals surface area contributed by atoms with Gasteiger partial charge in [-0.05, 0) is 32.0 Å². The van der Waals surface area contributed by atoms with Crippen molar-refractivity contribution in [1.29, 1.82) is 0 Å². The van der Waals surface area contributed by atoms with Gasteiger partial charge < -0.3 is 5.73 Å². The summed E-state index contributed by atoms with van der Waals surface area (Å²) in [5.41, 5.74) is 8.24. The van der Waals surface area contributed by atoms with E-state index in [4.69, 9.17) is 5.73 Å². The fraction of sp³-hybridized carbons (Fsp3) is 0.471. The van der Waals surface area contributed by atoms with Crippen LogP contribution in [0.5, 0.6) is 0 Å². The van der Waals surface area contributed by atoms with E-state index in [0.717, 1.165) is 11.3 Å². The largest absolute Gasteiger partial charge is 0.329 e. The lowest BCUT2D eigenvalue weighted by molar-refractivity contribution is 0.152. The summed E-state index contributed by atoms with van der Waals surface area (Å²) in [6.07, 6.45) is 4.00. The van der Waals surface area contributed by atoms with Crippen molar-refractivity contribution in [2.75, 3.05) is 13.6 Å². The summed E-state index contributed by atoms with van der Waals surface area (Å²) < 4.78 is 1.91. The second kappa shape index (κ2) is 6.87. The van der Waals surface area contributed by atoms with Gasteiger partial charge in [-0.3, -0.25) is 4.90 Å². The van der Waals surface area contributed by atoms with Crippen LogP contribution in [0.15, 0.2) is 42.7 Å². The maximum absolute atomic E-state index is 6.01. The maximum atomic E-state index is 6.01. The van der Waals surface area contributed by atoms with Crippen molar-refractivity contribution >= 4 is 0 Å². The highest BCUT2D eigenvalue weighted by Gasteiger charge is 2.23. The van der Waals surface area contributed by atoms with Gasteiger partial charge in [-0.25, -0.2) is 4.68 Å². The van der Waals surface area contributed by atoms with E-state index in [1.54, 1.807) is 0 Å². The van der Waals surface area contributed by atoms with Gasteiger partial charge in [0, 0.05) is 24.3 Å². The van der Waals surface area contributed by atoms with Crippen molar-refractivity contribution in [2.24, 2.45) is 11.7 Å². The third kappa shape index (κ3) is 3.52. The predicted octanol–water partition coefficient (Wildman–Crippen LogP) is 2.85. The standard InChI is InChI=1S/C17H26N4/c1-13(2)14(3)20(4)17(10-18)15-11-19-21(12-15)16-8-6-5-7-9-16/h5-9,11-14,17H,10,18H2,1-4H3.